The van der Waals surface area contributed by atoms with E-state index in [0.717, 1.165) is 32.7 Å². The van der Waals surface area contributed by atoms with Gasteiger partial charge in [0.2, 0.25) is 0 Å². The van der Waals surface area contributed by atoms with Crippen molar-refractivity contribution in [3.8, 4) is 0 Å². The molecule has 3 heterocycles. The summed E-state index contributed by atoms with van der Waals surface area (Å²) in [6, 6.07) is 47.2. The third-order valence-electron chi connectivity index (χ3n) is 10.3. The molecule has 8 rings (SSSR count). The molecule has 1 aromatic heterocycles. The first-order valence-corrected chi connectivity index (χ1v) is 21.8. The Hall–Kier alpha value is -6.41. The number of amides is 2. The highest BCUT2D eigenvalue weighted by molar-refractivity contribution is 7.86. The summed E-state index contributed by atoms with van der Waals surface area (Å²) >= 11 is 7.57. The summed E-state index contributed by atoms with van der Waals surface area (Å²) in [5.41, 5.74) is 3.63. The molecule has 2 aliphatic heterocycles. The van der Waals surface area contributed by atoms with E-state index in [1.807, 2.05) is 152 Å². The van der Waals surface area contributed by atoms with E-state index in [-0.39, 0.29) is 28.7 Å². The van der Waals surface area contributed by atoms with Gasteiger partial charge in [0.05, 0.1) is 16.6 Å². The van der Waals surface area contributed by atoms with Crippen molar-refractivity contribution in [2.45, 2.75) is 23.1 Å². The Kier molecular flexibility index (Phi) is 12.0. The number of carbonyl (C=O) groups is 3. The molecule has 5 aromatic carbocycles. The van der Waals surface area contributed by atoms with Crippen molar-refractivity contribution in [1.82, 2.24) is 15.2 Å². The van der Waals surface area contributed by atoms with Gasteiger partial charge in [-0.25, -0.2) is 9.78 Å². The maximum Gasteiger partial charge on any atom is 0.356 e. The van der Waals surface area contributed by atoms with Crippen LogP contribution in [0.5, 0.6) is 0 Å². The van der Waals surface area contributed by atoms with Crippen LogP contribution in [0, 0.1) is 0 Å². The number of ether oxygens (including phenoxy) is 1. The highest BCUT2D eigenvalue weighted by atomic mass is 35.5. The minimum atomic E-state index is -1.73. The van der Waals surface area contributed by atoms with Gasteiger partial charge in [-0.15, -0.1) is 22.9 Å². The summed E-state index contributed by atoms with van der Waals surface area (Å²) in [7, 11) is -0.429. The molecule has 1 fully saturated rings. The second-order valence-electron chi connectivity index (χ2n) is 13.9. The highest BCUT2D eigenvalue weighted by Crippen LogP contribution is 2.41. The molecule has 0 bridgehead atoms. The Labute approximate surface area is 358 Å². The number of nitrogens with one attached hydrogen (secondary N) is 2. The Morgan fingerprint density at radius 3 is 1.83 bits per heavy atom. The van der Waals surface area contributed by atoms with Crippen LogP contribution in [-0.4, -0.2) is 67.7 Å². The molecule has 14 heteroatoms. The van der Waals surface area contributed by atoms with Crippen molar-refractivity contribution >= 4 is 62.4 Å². The molecule has 60 heavy (non-hydrogen) atoms. The Balaban J connectivity index is 1.05. The molecule has 302 valence electrons. The lowest BCUT2D eigenvalue weighted by atomic mass is 9.77. The molecule has 2 aliphatic rings. The minimum absolute atomic E-state index is 0.0818. The molecule has 2 amide bonds. The van der Waals surface area contributed by atoms with E-state index in [4.69, 9.17) is 26.2 Å². The molecule has 6 aromatic rings. The van der Waals surface area contributed by atoms with Gasteiger partial charge < -0.3 is 20.2 Å². The second-order valence-corrected chi connectivity index (χ2v) is 16.6. The van der Waals surface area contributed by atoms with Crippen molar-refractivity contribution in [3.63, 3.8) is 0 Å². The van der Waals surface area contributed by atoms with Gasteiger partial charge >= 0.3 is 5.97 Å². The maximum absolute atomic E-state index is 14.1. The Morgan fingerprint density at radius 2 is 1.35 bits per heavy atom. The lowest BCUT2D eigenvalue weighted by Gasteiger charge is -2.49. The number of hydrogen-bond acceptors (Lipinski definition) is 10. The monoisotopic (exact) mass is 855 g/mol. The first kappa shape index (κ1) is 40.4. The average Bonchev–Trinajstić information content (AvgIpc) is 3.77. The molecule has 1 saturated heterocycles. The number of esters is 1. The van der Waals surface area contributed by atoms with E-state index in [1.54, 1.807) is 5.38 Å². The lowest BCUT2D eigenvalue weighted by Crippen LogP contribution is -2.74. The number of benzene rings is 5. The number of alkyl halides is 1. The maximum atomic E-state index is 14.1. The summed E-state index contributed by atoms with van der Waals surface area (Å²) in [6.45, 7) is 0. The SMILES string of the molecule is CON=C(C(=O)NC1C(=O)N2C(C(=O)OC(c3ccccc3)c3ccccc3)=C(CCl)CS(=O)[C@H]12)c1csc(NC(c2ccccc2)(c2ccccc2)c2ccccc2)n1. The van der Waals surface area contributed by atoms with Gasteiger partial charge in [0, 0.05) is 11.3 Å². The summed E-state index contributed by atoms with van der Waals surface area (Å²) < 4.78 is 19.8. The molecular formula is C46H38ClN5O6S2. The number of halogens is 1. The van der Waals surface area contributed by atoms with Gasteiger partial charge in [-0.05, 0) is 33.4 Å². The van der Waals surface area contributed by atoms with Crippen LogP contribution in [-0.2, 0) is 40.3 Å². The fourth-order valence-corrected chi connectivity index (χ4v) is 10.3. The van der Waals surface area contributed by atoms with Gasteiger partial charge in [0.25, 0.3) is 11.8 Å². The van der Waals surface area contributed by atoms with Crippen molar-refractivity contribution < 1.29 is 28.2 Å². The summed E-state index contributed by atoms with van der Waals surface area (Å²) in [5, 5.41) is 11.5. The minimum Gasteiger partial charge on any atom is -0.448 e. The van der Waals surface area contributed by atoms with Crippen LogP contribution >= 0.6 is 22.9 Å². The molecule has 11 nitrogen and oxygen atoms in total. The zero-order valence-corrected chi connectivity index (χ0v) is 34.5. The number of nitrogens with zero attached hydrogens (tertiary/aromatic N) is 3. The molecule has 2 unspecified atom stereocenters. The first-order valence-electron chi connectivity index (χ1n) is 19.0. The number of hydrogen-bond donors (Lipinski definition) is 2. The Morgan fingerprint density at radius 1 is 0.850 bits per heavy atom. The topological polar surface area (TPSA) is 139 Å². The normalized spacial score (nSPS) is 17.7. The molecule has 3 atom stereocenters. The molecule has 0 saturated carbocycles. The standard InChI is InChI=1S/C46H38ClN5O6S2/c1-57-51-37(36-28-59-45(48-36)50-46(33-21-11-4-12-22-33,34-23-13-5-14-24-34)35-25-15-6-16-26-35)41(53)49-38-42(54)52-39(32(27-47)29-60(56)43(38)52)44(55)58-40(30-17-7-2-8-18-30)31-19-9-3-10-20-31/h2-26,28,38,40,43H,27,29H2,1H3,(H,48,50)(H,49,53)/t38?,43-,60?/m1/s1. The fraction of sp³-hybridized carbons (Fsp3) is 0.152. The van der Waals surface area contributed by atoms with Crippen molar-refractivity contribution in [2.75, 3.05) is 24.1 Å². The number of anilines is 1. The predicted molar refractivity (Wildman–Crippen MR) is 233 cm³/mol. The number of β-lactam (4-membered cyclic amide) rings is 1. The third kappa shape index (κ3) is 7.74. The predicted octanol–water partition coefficient (Wildman–Crippen LogP) is 7.14. The van der Waals surface area contributed by atoms with Gasteiger partial charge in [-0.2, -0.15) is 0 Å². The smallest absolute Gasteiger partial charge is 0.356 e. The third-order valence-corrected chi connectivity index (χ3v) is 13.1. The molecule has 0 radical (unpaired) electrons. The zero-order valence-electron chi connectivity index (χ0n) is 32.1. The van der Waals surface area contributed by atoms with Crippen LogP contribution in [0.1, 0.15) is 39.6 Å². The van der Waals surface area contributed by atoms with Crippen LogP contribution < -0.4 is 10.6 Å². The van der Waals surface area contributed by atoms with Gasteiger partial charge in [0.1, 0.15) is 35.5 Å². The molecular weight excluding hydrogens is 818 g/mol. The largest absolute Gasteiger partial charge is 0.448 e. The number of carbonyl (C=O) groups excluding carboxylic acids is 3. The lowest BCUT2D eigenvalue weighted by molar-refractivity contribution is -0.154. The Bertz CT molecular complexity index is 2440. The van der Waals surface area contributed by atoms with Crippen LogP contribution in [0.3, 0.4) is 0 Å². The van der Waals surface area contributed by atoms with E-state index in [2.05, 4.69) is 15.8 Å². The number of rotatable bonds is 14. The van der Waals surface area contributed by atoms with Crippen molar-refractivity contribution in [3.05, 3.63) is 202 Å². The van der Waals surface area contributed by atoms with Gasteiger partial charge in [-0.1, -0.05) is 157 Å². The van der Waals surface area contributed by atoms with Crippen LogP contribution in [0.2, 0.25) is 0 Å². The number of oxime groups is 1. The van der Waals surface area contributed by atoms with E-state index < -0.39 is 51.6 Å². The van der Waals surface area contributed by atoms with E-state index in [1.165, 1.54) is 18.4 Å². The van der Waals surface area contributed by atoms with Crippen LogP contribution in [0.25, 0.3) is 0 Å². The summed E-state index contributed by atoms with van der Waals surface area (Å²) in [4.78, 5) is 53.1. The van der Waals surface area contributed by atoms with Crippen molar-refractivity contribution in [1.29, 1.82) is 0 Å². The van der Waals surface area contributed by atoms with Crippen LogP contribution in [0.15, 0.2) is 173 Å². The van der Waals surface area contributed by atoms with E-state index in [9.17, 15) is 18.6 Å². The van der Waals surface area contributed by atoms with Crippen molar-refractivity contribution in [2.24, 2.45) is 5.16 Å². The van der Waals surface area contributed by atoms with Gasteiger partial charge in [0.15, 0.2) is 16.9 Å². The highest BCUT2D eigenvalue weighted by Gasteiger charge is 2.57. The van der Waals surface area contributed by atoms with Gasteiger partial charge in [-0.3, -0.25) is 18.7 Å². The number of thiazole rings is 1. The number of aromatic nitrogens is 1. The second kappa shape index (κ2) is 17.8. The number of fused-ring (bicyclic) bond motifs is 1. The summed E-state index contributed by atoms with van der Waals surface area (Å²) in [5.74, 6) is -2.49. The summed E-state index contributed by atoms with van der Waals surface area (Å²) in [6.07, 6.45) is -0.801. The van der Waals surface area contributed by atoms with E-state index >= 15 is 0 Å². The van der Waals surface area contributed by atoms with Crippen LogP contribution in [0.4, 0.5) is 5.13 Å². The van der Waals surface area contributed by atoms with E-state index in [0.29, 0.717) is 10.7 Å². The average molecular weight is 856 g/mol. The molecule has 2 N–H and O–H groups in total. The fourth-order valence-electron chi connectivity index (χ4n) is 7.58. The molecule has 0 aliphatic carbocycles. The first-order chi connectivity index (χ1) is 29.3. The molecule has 0 spiro atoms. The quantitative estimate of drug-likeness (QED) is 0.0295. The zero-order chi connectivity index (χ0) is 41.6.